The summed E-state index contributed by atoms with van der Waals surface area (Å²) in [5.41, 5.74) is 7.86. The maximum Gasteiger partial charge on any atom is 0.135 e. The van der Waals surface area contributed by atoms with E-state index in [9.17, 15) is 0 Å². The minimum Gasteiger partial charge on any atom is -0.383 e. The average molecular weight is 382 g/mol. The Morgan fingerprint density at radius 3 is 2.35 bits per heavy atom. The summed E-state index contributed by atoms with van der Waals surface area (Å²) in [5.74, 6) is 0.666. The number of anilines is 1. The summed E-state index contributed by atoms with van der Waals surface area (Å²) in [5, 5.41) is 5.59. The molecule has 0 unspecified atom stereocenters. The number of nitrogens with zero attached hydrogens (tertiary/aromatic N) is 2. The Labute approximate surface area is 123 Å². The lowest BCUT2D eigenvalue weighted by molar-refractivity contribution is 0.689. The van der Waals surface area contributed by atoms with Crippen molar-refractivity contribution in [3.05, 3.63) is 43.1 Å². The highest BCUT2D eigenvalue weighted by Gasteiger charge is 2.10. The number of rotatable bonds is 2. The highest BCUT2D eigenvalue weighted by Crippen LogP contribution is 2.22. The van der Waals surface area contributed by atoms with Gasteiger partial charge in [0.05, 0.1) is 15.8 Å². The van der Waals surface area contributed by atoms with Gasteiger partial charge in [-0.3, -0.25) is 0 Å². The van der Waals surface area contributed by atoms with Crippen LogP contribution in [0.2, 0.25) is 10.0 Å². The number of nitrogens with two attached hydrogens (primary N) is 1. The Morgan fingerprint density at radius 2 is 1.88 bits per heavy atom. The predicted octanol–water partition coefficient (Wildman–Crippen LogP) is 3.73. The molecule has 2 N–H and O–H groups in total. The normalized spacial score (nSPS) is 10.8. The first kappa shape index (κ1) is 13.0. The third-order valence-corrected chi connectivity index (χ3v) is 4.12. The van der Waals surface area contributed by atoms with Gasteiger partial charge >= 0.3 is 0 Å². The van der Waals surface area contributed by atoms with Crippen molar-refractivity contribution in [2.24, 2.45) is 0 Å². The lowest BCUT2D eigenvalue weighted by atomic mass is 10.2. The molecule has 90 valence electrons. The number of aryl methyl sites for hydroxylation is 1. The van der Waals surface area contributed by atoms with Crippen LogP contribution in [0.5, 0.6) is 0 Å². The number of aromatic nitrogens is 2. The maximum absolute atomic E-state index is 5.95. The molecule has 2 aromatic rings. The molecule has 2 rings (SSSR count). The lowest BCUT2D eigenvalue weighted by Gasteiger charge is -2.05. The van der Waals surface area contributed by atoms with E-state index in [0.29, 0.717) is 22.4 Å². The highest BCUT2D eigenvalue weighted by atomic mass is 127. The quantitative estimate of drug-likeness (QED) is 0.805. The molecule has 0 aliphatic carbocycles. The standard InChI is InChI=1S/C11H10Cl2IN3/c1-6-10(14)11(15)17(16-6)5-7-2-8(12)4-9(13)3-7/h2-4H,5,15H2,1H3. The Hall–Kier alpha value is -0.460. The van der Waals surface area contributed by atoms with Crippen LogP contribution in [0.3, 0.4) is 0 Å². The van der Waals surface area contributed by atoms with Gasteiger partial charge in [0.2, 0.25) is 0 Å². The SMILES string of the molecule is Cc1nn(Cc2cc(Cl)cc(Cl)c2)c(N)c1I. The van der Waals surface area contributed by atoms with Crippen LogP contribution in [-0.4, -0.2) is 9.78 Å². The van der Waals surface area contributed by atoms with Crippen LogP contribution in [0.4, 0.5) is 5.82 Å². The summed E-state index contributed by atoms with van der Waals surface area (Å²) < 4.78 is 2.73. The topological polar surface area (TPSA) is 43.8 Å². The fraction of sp³-hybridized carbons (Fsp3) is 0.182. The summed E-state index contributed by atoms with van der Waals surface area (Å²) in [7, 11) is 0. The van der Waals surface area contributed by atoms with Gasteiger partial charge < -0.3 is 5.73 Å². The summed E-state index contributed by atoms with van der Waals surface area (Å²) in [4.78, 5) is 0. The second-order valence-electron chi connectivity index (χ2n) is 3.72. The van der Waals surface area contributed by atoms with Crippen LogP contribution in [0, 0.1) is 10.5 Å². The van der Waals surface area contributed by atoms with Gasteiger partial charge in [-0.25, -0.2) is 4.68 Å². The molecule has 0 saturated carbocycles. The number of nitrogen functional groups attached to an aromatic ring is 1. The first-order valence-electron chi connectivity index (χ1n) is 4.90. The van der Waals surface area contributed by atoms with Crippen molar-refractivity contribution >= 4 is 51.6 Å². The molecular formula is C11H10Cl2IN3. The molecule has 0 atom stereocenters. The molecule has 17 heavy (non-hydrogen) atoms. The first-order valence-corrected chi connectivity index (χ1v) is 6.74. The molecule has 0 bridgehead atoms. The molecule has 6 heteroatoms. The van der Waals surface area contributed by atoms with Crippen molar-refractivity contribution in [1.82, 2.24) is 9.78 Å². The molecule has 0 saturated heterocycles. The average Bonchev–Trinajstić information content (AvgIpc) is 2.45. The molecule has 0 radical (unpaired) electrons. The van der Waals surface area contributed by atoms with Gasteiger partial charge in [-0.15, -0.1) is 0 Å². The molecule has 1 heterocycles. The van der Waals surface area contributed by atoms with Crippen LogP contribution in [-0.2, 0) is 6.54 Å². The van der Waals surface area contributed by atoms with Gasteiger partial charge in [0.1, 0.15) is 5.82 Å². The molecular weight excluding hydrogens is 372 g/mol. The van der Waals surface area contributed by atoms with E-state index < -0.39 is 0 Å². The van der Waals surface area contributed by atoms with E-state index in [0.717, 1.165) is 14.8 Å². The molecule has 0 fully saturated rings. The summed E-state index contributed by atoms with van der Waals surface area (Å²) in [6.07, 6.45) is 0. The van der Waals surface area contributed by atoms with Crippen molar-refractivity contribution in [2.45, 2.75) is 13.5 Å². The molecule has 3 nitrogen and oxygen atoms in total. The second kappa shape index (κ2) is 5.04. The Kier molecular flexibility index (Phi) is 3.85. The van der Waals surface area contributed by atoms with Gasteiger partial charge in [0, 0.05) is 10.0 Å². The third-order valence-electron chi connectivity index (χ3n) is 2.35. The van der Waals surface area contributed by atoms with Gasteiger partial charge in [-0.05, 0) is 53.3 Å². The Bertz CT molecular complexity index is 546. The first-order chi connectivity index (χ1) is 7.97. The van der Waals surface area contributed by atoms with E-state index in [1.165, 1.54) is 0 Å². The monoisotopic (exact) mass is 381 g/mol. The van der Waals surface area contributed by atoms with Crippen molar-refractivity contribution in [3.8, 4) is 0 Å². The second-order valence-corrected chi connectivity index (χ2v) is 5.67. The number of hydrogen-bond donors (Lipinski definition) is 1. The minimum absolute atomic E-state index is 0.565. The Morgan fingerprint density at radius 1 is 1.29 bits per heavy atom. The number of hydrogen-bond acceptors (Lipinski definition) is 2. The fourth-order valence-corrected chi connectivity index (χ4v) is 2.53. The number of halogens is 3. The largest absolute Gasteiger partial charge is 0.383 e. The molecule has 1 aromatic heterocycles. The molecule has 0 aliphatic rings. The lowest BCUT2D eigenvalue weighted by Crippen LogP contribution is -2.06. The van der Waals surface area contributed by atoms with Crippen LogP contribution < -0.4 is 5.73 Å². The zero-order chi connectivity index (χ0) is 12.6. The Balaban J connectivity index is 2.34. The molecule has 0 spiro atoms. The van der Waals surface area contributed by atoms with Crippen LogP contribution in [0.15, 0.2) is 18.2 Å². The third kappa shape index (κ3) is 2.86. The van der Waals surface area contributed by atoms with Crippen LogP contribution in [0.1, 0.15) is 11.3 Å². The highest BCUT2D eigenvalue weighted by molar-refractivity contribution is 14.1. The van der Waals surface area contributed by atoms with Gasteiger partial charge in [-0.1, -0.05) is 23.2 Å². The van der Waals surface area contributed by atoms with Crippen molar-refractivity contribution in [3.63, 3.8) is 0 Å². The molecule has 0 aliphatic heterocycles. The van der Waals surface area contributed by atoms with Crippen molar-refractivity contribution in [2.75, 3.05) is 5.73 Å². The van der Waals surface area contributed by atoms with E-state index in [1.807, 2.05) is 19.1 Å². The van der Waals surface area contributed by atoms with E-state index >= 15 is 0 Å². The van der Waals surface area contributed by atoms with E-state index in [1.54, 1.807) is 10.7 Å². The van der Waals surface area contributed by atoms with Crippen molar-refractivity contribution in [1.29, 1.82) is 0 Å². The smallest absolute Gasteiger partial charge is 0.135 e. The summed E-state index contributed by atoms with van der Waals surface area (Å²) in [6, 6.07) is 5.42. The fourth-order valence-electron chi connectivity index (χ4n) is 1.57. The predicted molar refractivity (Wildman–Crippen MR) is 79.7 cm³/mol. The maximum atomic E-state index is 5.95. The van der Waals surface area contributed by atoms with Gasteiger partial charge in [0.25, 0.3) is 0 Å². The minimum atomic E-state index is 0.565. The van der Waals surface area contributed by atoms with Gasteiger partial charge in [0.15, 0.2) is 0 Å². The summed E-state index contributed by atoms with van der Waals surface area (Å²) >= 11 is 14.1. The zero-order valence-electron chi connectivity index (χ0n) is 9.04. The molecule has 0 amide bonds. The van der Waals surface area contributed by atoms with Crippen molar-refractivity contribution < 1.29 is 0 Å². The number of benzene rings is 1. The van der Waals surface area contributed by atoms with Crippen LogP contribution in [0.25, 0.3) is 0 Å². The molecule has 1 aromatic carbocycles. The van der Waals surface area contributed by atoms with Gasteiger partial charge in [-0.2, -0.15) is 5.10 Å². The van der Waals surface area contributed by atoms with E-state index in [2.05, 4.69) is 27.7 Å². The summed E-state index contributed by atoms with van der Waals surface area (Å²) in [6.45, 7) is 2.50. The van der Waals surface area contributed by atoms with E-state index in [4.69, 9.17) is 28.9 Å². The zero-order valence-corrected chi connectivity index (χ0v) is 12.7. The van der Waals surface area contributed by atoms with E-state index in [-0.39, 0.29) is 0 Å². The van der Waals surface area contributed by atoms with Crippen LogP contribution >= 0.6 is 45.8 Å².